The minimum atomic E-state index is -1.48. The van der Waals surface area contributed by atoms with E-state index in [2.05, 4.69) is 10.3 Å². The molecule has 7 nitrogen and oxygen atoms in total. The molecule has 0 saturated heterocycles. The highest BCUT2D eigenvalue weighted by Gasteiger charge is 2.25. The number of aromatic nitrogens is 2. The van der Waals surface area contributed by atoms with E-state index in [1.54, 1.807) is 11.6 Å². The van der Waals surface area contributed by atoms with E-state index in [9.17, 15) is 14.7 Å². The molecule has 0 bridgehead atoms. The fourth-order valence-electron chi connectivity index (χ4n) is 1.28. The molecule has 94 valence electrons. The first-order valence-corrected chi connectivity index (χ1v) is 5.00. The lowest BCUT2D eigenvalue weighted by Crippen LogP contribution is -2.42. The Morgan fingerprint density at radius 3 is 2.71 bits per heavy atom. The number of nitrogens with zero attached hydrogens (tertiary/aromatic N) is 2. The number of amides is 1. The average Bonchev–Trinajstić information content (AvgIpc) is 2.59. The lowest BCUT2D eigenvalue weighted by atomic mass is 10.0. The third-order valence-corrected chi connectivity index (χ3v) is 2.10. The minimum absolute atomic E-state index is 0.144. The van der Waals surface area contributed by atoms with Gasteiger partial charge in [-0.25, -0.2) is 4.98 Å². The summed E-state index contributed by atoms with van der Waals surface area (Å²) in [5, 5.41) is 20.6. The van der Waals surface area contributed by atoms with Crippen LogP contribution < -0.4 is 5.32 Å². The highest BCUT2D eigenvalue weighted by molar-refractivity contribution is 5.92. The maximum absolute atomic E-state index is 11.5. The highest BCUT2D eigenvalue weighted by Crippen LogP contribution is 2.07. The lowest BCUT2D eigenvalue weighted by Gasteiger charge is -2.20. The van der Waals surface area contributed by atoms with Crippen molar-refractivity contribution in [2.75, 3.05) is 6.54 Å². The number of rotatable bonds is 5. The number of aliphatic hydroxyl groups is 1. The first kappa shape index (κ1) is 13.2. The standard InChI is InChI=1S/C10H15N3O4/c1-10(17,3-8(14)15)5-11-9(16)7-4-13(2)6-12-7/h4,6,17H,3,5H2,1-2H3,(H,11,16)(H,14,15). The smallest absolute Gasteiger partial charge is 0.306 e. The minimum Gasteiger partial charge on any atom is -0.481 e. The summed E-state index contributed by atoms with van der Waals surface area (Å²) in [6, 6.07) is 0. The summed E-state index contributed by atoms with van der Waals surface area (Å²) in [7, 11) is 1.73. The average molecular weight is 241 g/mol. The van der Waals surface area contributed by atoms with E-state index in [0.717, 1.165) is 0 Å². The van der Waals surface area contributed by atoms with Crippen molar-refractivity contribution in [2.45, 2.75) is 18.9 Å². The van der Waals surface area contributed by atoms with Gasteiger partial charge in [-0.2, -0.15) is 0 Å². The SMILES string of the molecule is Cn1cnc(C(=O)NCC(C)(O)CC(=O)O)c1. The van der Waals surface area contributed by atoms with Crippen LogP contribution in [-0.4, -0.2) is 43.8 Å². The van der Waals surface area contributed by atoms with E-state index in [-0.39, 0.29) is 12.2 Å². The van der Waals surface area contributed by atoms with Gasteiger partial charge in [0.05, 0.1) is 18.3 Å². The molecule has 0 aliphatic carbocycles. The third kappa shape index (κ3) is 4.23. The van der Waals surface area contributed by atoms with E-state index < -0.39 is 23.9 Å². The Bertz CT molecular complexity index is 425. The number of carboxylic acids is 1. The highest BCUT2D eigenvalue weighted by atomic mass is 16.4. The van der Waals surface area contributed by atoms with Crippen molar-refractivity contribution in [3.05, 3.63) is 18.2 Å². The van der Waals surface area contributed by atoms with Crippen LogP contribution in [0.4, 0.5) is 0 Å². The number of aryl methyl sites for hydroxylation is 1. The molecule has 1 aromatic rings. The predicted molar refractivity (Wildman–Crippen MR) is 58.4 cm³/mol. The summed E-state index contributed by atoms with van der Waals surface area (Å²) >= 11 is 0. The van der Waals surface area contributed by atoms with Crippen molar-refractivity contribution in [1.82, 2.24) is 14.9 Å². The zero-order valence-corrected chi connectivity index (χ0v) is 9.67. The van der Waals surface area contributed by atoms with Crippen LogP contribution in [0.25, 0.3) is 0 Å². The van der Waals surface area contributed by atoms with E-state index in [1.165, 1.54) is 19.4 Å². The monoisotopic (exact) mass is 241 g/mol. The zero-order valence-electron chi connectivity index (χ0n) is 9.67. The van der Waals surface area contributed by atoms with Gasteiger partial charge >= 0.3 is 5.97 Å². The number of carbonyl (C=O) groups is 2. The maximum Gasteiger partial charge on any atom is 0.306 e. The molecule has 1 unspecified atom stereocenters. The molecule has 0 fully saturated rings. The molecule has 1 aromatic heterocycles. The van der Waals surface area contributed by atoms with Crippen molar-refractivity contribution < 1.29 is 19.8 Å². The second-order valence-corrected chi connectivity index (χ2v) is 4.17. The molecule has 7 heteroatoms. The Labute approximate surface area is 98.1 Å². The molecular weight excluding hydrogens is 226 g/mol. The number of imidazole rings is 1. The van der Waals surface area contributed by atoms with Crippen LogP contribution in [0.3, 0.4) is 0 Å². The third-order valence-electron chi connectivity index (χ3n) is 2.10. The van der Waals surface area contributed by atoms with E-state index in [1.807, 2.05) is 0 Å². The van der Waals surface area contributed by atoms with Crippen LogP contribution >= 0.6 is 0 Å². The van der Waals surface area contributed by atoms with Gasteiger partial charge in [-0.3, -0.25) is 9.59 Å². The Balaban J connectivity index is 2.51. The topological polar surface area (TPSA) is 104 Å². The molecule has 0 radical (unpaired) electrons. The second kappa shape index (κ2) is 4.96. The van der Waals surface area contributed by atoms with Gasteiger partial charge in [-0.05, 0) is 6.92 Å². The van der Waals surface area contributed by atoms with Crippen LogP contribution in [-0.2, 0) is 11.8 Å². The van der Waals surface area contributed by atoms with Crippen LogP contribution in [0.2, 0.25) is 0 Å². The van der Waals surface area contributed by atoms with Gasteiger partial charge < -0.3 is 20.1 Å². The van der Waals surface area contributed by atoms with E-state index in [0.29, 0.717) is 0 Å². The first-order chi connectivity index (χ1) is 7.80. The quantitative estimate of drug-likeness (QED) is 0.637. The zero-order chi connectivity index (χ0) is 13.1. The van der Waals surface area contributed by atoms with Crippen LogP contribution in [0.15, 0.2) is 12.5 Å². The molecule has 3 N–H and O–H groups in total. The number of carbonyl (C=O) groups excluding carboxylic acids is 1. The van der Waals surface area contributed by atoms with Crippen molar-refractivity contribution >= 4 is 11.9 Å². The first-order valence-electron chi connectivity index (χ1n) is 5.00. The van der Waals surface area contributed by atoms with Gasteiger partial charge in [0.2, 0.25) is 0 Å². The number of hydrogen-bond donors (Lipinski definition) is 3. The molecule has 0 aliphatic rings. The van der Waals surface area contributed by atoms with Crippen molar-refractivity contribution in [2.24, 2.45) is 7.05 Å². The summed E-state index contributed by atoms with van der Waals surface area (Å²) < 4.78 is 1.62. The van der Waals surface area contributed by atoms with E-state index in [4.69, 9.17) is 5.11 Å². The maximum atomic E-state index is 11.5. The second-order valence-electron chi connectivity index (χ2n) is 4.17. The number of carboxylic acid groups (broad SMARTS) is 1. The van der Waals surface area contributed by atoms with Crippen LogP contribution in [0.5, 0.6) is 0 Å². The number of hydrogen-bond acceptors (Lipinski definition) is 4. The predicted octanol–water partition coefficient (Wildman–Crippen LogP) is -0.624. The molecular formula is C10H15N3O4. The summed E-state index contributed by atoms with van der Waals surface area (Å²) in [5.41, 5.74) is -1.25. The normalized spacial score (nSPS) is 14.1. The van der Waals surface area contributed by atoms with Gasteiger partial charge in [0.25, 0.3) is 5.91 Å². The molecule has 1 atom stereocenters. The Morgan fingerprint density at radius 1 is 1.59 bits per heavy atom. The molecule has 0 aromatic carbocycles. The molecule has 0 aliphatic heterocycles. The fraction of sp³-hybridized carbons (Fsp3) is 0.500. The molecule has 17 heavy (non-hydrogen) atoms. The lowest BCUT2D eigenvalue weighted by molar-refractivity contribution is -0.141. The molecule has 1 heterocycles. The molecule has 0 spiro atoms. The van der Waals surface area contributed by atoms with Crippen LogP contribution in [0.1, 0.15) is 23.8 Å². The summed E-state index contributed by atoms with van der Waals surface area (Å²) in [6.07, 6.45) is 2.57. The van der Waals surface area contributed by atoms with Crippen molar-refractivity contribution in [3.63, 3.8) is 0 Å². The van der Waals surface area contributed by atoms with Crippen molar-refractivity contribution in [1.29, 1.82) is 0 Å². The Kier molecular flexibility index (Phi) is 3.84. The Hall–Kier alpha value is -1.89. The number of aliphatic carboxylic acids is 1. The van der Waals surface area contributed by atoms with Gasteiger partial charge in [0.15, 0.2) is 0 Å². The fourth-order valence-corrected chi connectivity index (χ4v) is 1.28. The van der Waals surface area contributed by atoms with Crippen LogP contribution in [0, 0.1) is 0 Å². The molecule has 1 amide bonds. The molecule has 0 saturated carbocycles. The van der Waals surface area contributed by atoms with Gasteiger partial charge in [0, 0.05) is 19.8 Å². The summed E-state index contributed by atoms with van der Waals surface area (Å²) in [6.45, 7) is 1.20. The van der Waals surface area contributed by atoms with Gasteiger partial charge in [-0.15, -0.1) is 0 Å². The van der Waals surface area contributed by atoms with Gasteiger partial charge in [0.1, 0.15) is 5.69 Å². The summed E-state index contributed by atoms with van der Waals surface area (Å²) in [4.78, 5) is 25.8. The van der Waals surface area contributed by atoms with E-state index >= 15 is 0 Å². The molecule has 1 rings (SSSR count). The van der Waals surface area contributed by atoms with Crippen molar-refractivity contribution in [3.8, 4) is 0 Å². The largest absolute Gasteiger partial charge is 0.481 e. The summed E-state index contributed by atoms with van der Waals surface area (Å²) in [5.74, 6) is -1.57. The number of nitrogens with one attached hydrogen (secondary N) is 1. The van der Waals surface area contributed by atoms with Gasteiger partial charge in [-0.1, -0.05) is 0 Å². The Morgan fingerprint density at radius 2 is 2.24 bits per heavy atom.